The highest BCUT2D eigenvalue weighted by Crippen LogP contribution is 2.49. The highest BCUT2D eigenvalue weighted by atomic mass is 79.9. The third kappa shape index (κ3) is 3.39. The van der Waals surface area contributed by atoms with E-state index in [2.05, 4.69) is 34.1 Å². The van der Waals surface area contributed by atoms with Gasteiger partial charge in [0.25, 0.3) is 5.91 Å². The standard InChI is InChI=1S/C24H22BrClN2O/c1-27(17-18-9-5-7-13-21(18)26)28-22-14-8-6-12-20(22)24(15-16-25,23(28)29)19-10-3-2-4-11-19/h2-14H,15-17H2,1H3/t24-/m0/s1. The first-order valence-electron chi connectivity index (χ1n) is 9.59. The lowest BCUT2D eigenvalue weighted by molar-refractivity contribution is -0.124. The van der Waals surface area contributed by atoms with Gasteiger partial charge >= 0.3 is 0 Å². The molecule has 3 aromatic carbocycles. The van der Waals surface area contributed by atoms with Crippen LogP contribution in [0.3, 0.4) is 0 Å². The highest BCUT2D eigenvalue weighted by molar-refractivity contribution is 9.09. The number of anilines is 1. The number of hydrogen-bond donors (Lipinski definition) is 0. The van der Waals surface area contributed by atoms with E-state index in [1.165, 1.54) is 0 Å². The number of alkyl halides is 1. The number of rotatable bonds is 6. The molecule has 0 aromatic heterocycles. The molecule has 4 rings (SSSR count). The molecule has 1 aliphatic heterocycles. The Kier molecular flexibility index (Phi) is 5.77. The zero-order valence-corrected chi connectivity index (χ0v) is 18.5. The Morgan fingerprint density at radius 1 is 0.966 bits per heavy atom. The molecule has 1 aliphatic rings. The van der Waals surface area contributed by atoms with E-state index >= 15 is 0 Å². The van der Waals surface area contributed by atoms with Crippen molar-refractivity contribution in [2.75, 3.05) is 17.4 Å². The average Bonchev–Trinajstić information content (AvgIpc) is 3.00. The molecule has 1 amide bonds. The molecule has 1 heterocycles. The first-order valence-corrected chi connectivity index (χ1v) is 11.1. The maximum absolute atomic E-state index is 14.0. The smallest absolute Gasteiger partial charge is 0.256 e. The second kappa shape index (κ2) is 8.31. The maximum Gasteiger partial charge on any atom is 0.256 e. The molecule has 3 aromatic rings. The predicted molar refractivity (Wildman–Crippen MR) is 122 cm³/mol. The molecule has 148 valence electrons. The van der Waals surface area contributed by atoms with Crippen molar-refractivity contribution in [3.63, 3.8) is 0 Å². The molecule has 0 saturated heterocycles. The first kappa shape index (κ1) is 20.1. The number of halogens is 2. The number of hydrogen-bond acceptors (Lipinski definition) is 2. The zero-order chi connectivity index (χ0) is 20.4. The molecule has 29 heavy (non-hydrogen) atoms. The van der Waals surface area contributed by atoms with Crippen LogP contribution in [0.5, 0.6) is 0 Å². The number of carbonyl (C=O) groups excluding carboxylic acids is 1. The lowest BCUT2D eigenvalue weighted by Crippen LogP contribution is -2.48. The van der Waals surface area contributed by atoms with Gasteiger partial charge in [0.1, 0.15) is 5.41 Å². The summed E-state index contributed by atoms with van der Waals surface area (Å²) in [7, 11) is 1.94. The minimum absolute atomic E-state index is 0.0684. The van der Waals surface area contributed by atoms with Crippen molar-refractivity contribution in [3.05, 3.63) is 101 Å². The number of fused-ring (bicyclic) bond motifs is 1. The van der Waals surface area contributed by atoms with Crippen LogP contribution in [-0.2, 0) is 16.8 Å². The van der Waals surface area contributed by atoms with E-state index in [0.29, 0.717) is 18.0 Å². The molecular formula is C24H22BrClN2O. The summed E-state index contributed by atoms with van der Waals surface area (Å²) >= 11 is 9.97. The van der Waals surface area contributed by atoms with Gasteiger partial charge in [0.2, 0.25) is 0 Å². The monoisotopic (exact) mass is 468 g/mol. The van der Waals surface area contributed by atoms with E-state index in [9.17, 15) is 4.79 Å². The average molecular weight is 470 g/mol. The number of hydrazine groups is 1. The minimum atomic E-state index is -0.712. The van der Waals surface area contributed by atoms with Crippen LogP contribution in [-0.4, -0.2) is 23.3 Å². The largest absolute Gasteiger partial charge is 0.272 e. The number of carbonyl (C=O) groups is 1. The number of amides is 1. The maximum atomic E-state index is 14.0. The number of para-hydroxylation sites is 1. The minimum Gasteiger partial charge on any atom is -0.272 e. The molecular weight excluding hydrogens is 448 g/mol. The fraction of sp³-hybridized carbons (Fsp3) is 0.208. The van der Waals surface area contributed by atoms with Crippen LogP contribution in [0, 0.1) is 0 Å². The quantitative estimate of drug-likeness (QED) is 0.426. The van der Waals surface area contributed by atoms with Crippen LogP contribution in [0.1, 0.15) is 23.1 Å². The van der Waals surface area contributed by atoms with Crippen LogP contribution >= 0.6 is 27.5 Å². The Hall–Kier alpha value is -2.14. The van der Waals surface area contributed by atoms with Gasteiger partial charge in [-0.1, -0.05) is 94.3 Å². The second-order valence-electron chi connectivity index (χ2n) is 7.25. The van der Waals surface area contributed by atoms with Gasteiger partial charge in [-0.15, -0.1) is 0 Å². The van der Waals surface area contributed by atoms with E-state index in [0.717, 1.165) is 27.7 Å². The van der Waals surface area contributed by atoms with Crippen LogP contribution in [0.2, 0.25) is 5.02 Å². The van der Waals surface area contributed by atoms with E-state index in [1.807, 2.05) is 77.7 Å². The Morgan fingerprint density at radius 2 is 1.62 bits per heavy atom. The van der Waals surface area contributed by atoms with Crippen LogP contribution < -0.4 is 5.01 Å². The Labute approximate surface area is 185 Å². The molecule has 0 bridgehead atoms. The van der Waals surface area contributed by atoms with Crippen molar-refractivity contribution in [3.8, 4) is 0 Å². The summed E-state index contributed by atoms with van der Waals surface area (Å²) in [6.45, 7) is 0.541. The Bertz CT molecular complexity index is 1030. The SMILES string of the molecule is CN(Cc1ccccc1Cl)N1C(=O)[C@@](CCBr)(c2ccccc2)c2ccccc21. The summed E-state index contributed by atoms with van der Waals surface area (Å²) in [4.78, 5) is 14.0. The van der Waals surface area contributed by atoms with Gasteiger partial charge in [-0.25, -0.2) is 10.0 Å². The van der Waals surface area contributed by atoms with E-state index < -0.39 is 5.41 Å². The van der Waals surface area contributed by atoms with Gasteiger partial charge < -0.3 is 0 Å². The lowest BCUT2D eigenvalue weighted by Gasteiger charge is -2.32. The summed E-state index contributed by atoms with van der Waals surface area (Å²) in [6, 6.07) is 25.9. The Balaban J connectivity index is 1.81. The normalized spacial score (nSPS) is 18.3. The van der Waals surface area contributed by atoms with E-state index in [1.54, 1.807) is 0 Å². The summed E-state index contributed by atoms with van der Waals surface area (Å²) in [6.07, 6.45) is 0.684. The summed E-state index contributed by atoms with van der Waals surface area (Å²) in [5.74, 6) is 0.0684. The lowest BCUT2D eigenvalue weighted by atomic mass is 9.73. The van der Waals surface area contributed by atoms with Gasteiger partial charge in [-0.2, -0.15) is 0 Å². The molecule has 0 unspecified atom stereocenters. The highest BCUT2D eigenvalue weighted by Gasteiger charge is 2.52. The van der Waals surface area contributed by atoms with Crippen molar-refractivity contribution >= 4 is 39.1 Å². The molecule has 1 atom stereocenters. The molecule has 0 fully saturated rings. The summed E-state index contributed by atoms with van der Waals surface area (Å²) < 4.78 is 0. The molecule has 0 aliphatic carbocycles. The molecule has 0 N–H and O–H groups in total. The van der Waals surface area contributed by atoms with Gasteiger partial charge in [0, 0.05) is 23.9 Å². The van der Waals surface area contributed by atoms with Gasteiger partial charge in [-0.3, -0.25) is 4.79 Å². The van der Waals surface area contributed by atoms with Crippen molar-refractivity contribution in [1.82, 2.24) is 5.01 Å². The van der Waals surface area contributed by atoms with Crippen molar-refractivity contribution < 1.29 is 4.79 Å². The molecule has 0 saturated carbocycles. The van der Waals surface area contributed by atoms with Crippen LogP contribution in [0.15, 0.2) is 78.9 Å². The van der Waals surface area contributed by atoms with Crippen LogP contribution in [0.25, 0.3) is 0 Å². The topological polar surface area (TPSA) is 23.6 Å². The zero-order valence-electron chi connectivity index (χ0n) is 16.2. The van der Waals surface area contributed by atoms with Crippen molar-refractivity contribution in [1.29, 1.82) is 0 Å². The van der Waals surface area contributed by atoms with E-state index in [4.69, 9.17) is 11.6 Å². The fourth-order valence-electron chi connectivity index (χ4n) is 4.24. The first-order chi connectivity index (χ1) is 14.1. The van der Waals surface area contributed by atoms with Crippen LogP contribution in [0.4, 0.5) is 5.69 Å². The molecule has 0 radical (unpaired) electrons. The number of nitrogens with zero attached hydrogens (tertiary/aromatic N) is 2. The second-order valence-corrected chi connectivity index (χ2v) is 8.45. The fourth-order valence-corrected chi connectivity index (χ4v) is 5.03. The molecule has 0 spiro atoms. The predicted octanol–water partition coefficient (Wildman–Crippen LogP) is 5.80. The Morgan fingerprint density at radius 3 is 2.34 bits per heavy atom. The third-order valence-electron chi connectivity index (χ3n) is 5.58. The molecule has 5 heteroatoms. The van der Waals surface area contributed by atoms with Gasteiger partial charge in [0.05, 0.1) is 5.69 Å². The van der Waals surface area contributed by atoms with Crippen molar-refractivity contribution in [2.45, 2.75) is 18.4 Å². The summed E-state index contributed by atoms with van der Waals surface area (Å²) in [5.41, 5.74) is 3.26. The van der Waals surface area contributed by atoms with Gasteiger partial charge in [0.15, 0.2) is 0 Å². The molecule has 3 nitrogen and oxygen atoms in total. The van der Waals surface area contributed by atoms with Crippen molar-refractivity contribution in [2.24, 2.45) is 0 Å². The third-order valence-corrected chi connectivity index (χ3v) is 6.35. The van der Waals surface area contributed by atoms with E-state index in [-0.39, 0.29) is 5.91 Å². The number of benzene rings is 3. The van der Waals surface area contributed by atoms with Gasteiger partial charge in [-0.05, 0) is 35.2 Å². The summed E-state index contributed by atoms with van der Waals surface area (Å²) in [5, 5.41) is 5.20.